The number of nitrogens with one attached hydrogen (secondary N) is 1. The predicted octanol–water partition coefficient (Wildman–Crippen LogP) is 1.54. The molecule has 0 bridgehead atoms. The number of nitrogens with two attached hydrogens (primary N) is 1. The second-order valence-electron chi connectivity index (χ2n) is 3.89. The second-order valence-corrected chi connectivity index (χ2v) is 4.25. The van der Waals surface area contributed by atoms with E-state index in [0.29, 0.717) is 0 Å². The Bertz CT molecular complexity index is 390. The Labute approximate surface area is 102 Å². The zero-order chi connectivity index (χ0) is 13.1. The fourth-order valence-electron chi connectivity index (χ4n) is 0.988. The van der Waals surface area contributed by atoms with Crippen molar-refractivity contribution in [1.29, 1.82) is 0 Å². The summed E-state index contributed by atoms with van der Waals surface area (Å²) in [6, 6.07) is 0. The van der Waals surface area contributed by atoms with Crippen LogP contribution < -0.4 is 11.1 Å². The van der Waals surface area contributed by atoms with E-state index in [2.05, 4.69) is 25.2 Å². The molecule has 0 spiro atoms. The molecule has 0 aliphatic carbocycles. The molecule has 0 aromatic carbocycles. The summed E-state index contributed by atoms with van der Waals surface area (Å²) >= 11 is 5.54. The number of anilines is 2. The highest BCUT2D eigenvalue weighted by molar-refractivity contribution is 6.31. The number of hydrogen-bond donors (Lipinski definition) is 2. The molecule has 0 unspecified atom stereocenters. The maximum atomic E-state index is 11.9. The lowest BCUT2D eigenvalue weighted by atomic mass is 10.1. The van der Waals surface area contributed by atoms with Crippen molar-refractivity contribution in [2.45, 2.75) is 26.0 Å². The van der Waals surface area contributed by atoms with E-state index in [9.17, 15) is 8.78 Å². The molecule has 9 heteroatoms. The molecule has 6 nitrogen and oxygen atoms in total. The number of alkyl halides is 2. The van der Waals surface area contributed by atoms with Gasteiger partial charge in [0, 0.05) is 0 Å². The van der Waals surface area contributed by atoms with Gasteiger partial charge in [0.25, 0.3) is 0 Å². The summed E-state index contributed by atoms with van der Waals surface area (Å²) in [5, 5.41) is 9.90. The summed E-state index contributed by atoms with van der Waals surface area (Å²) in [6.45, 7) is 0.231. The SMILES string of the molecule is CC(C)(COC(F)F)Nc1nnc(Cl)c(N)n1. The third-order valence-electron chi connectivity index (χ3n) is 1.69. The van der Waals surface area contributed by atoms with Gasteiger partial charge in [-0.1, -0.05) is 11.6 Å². The van der Waals surface area contributed by atoms with Gasteiger partial charge in [0.15, 0.2) is 11.0 Å². The van der Waals surface area contributed by atoms with Gasteiger partial charge < -0.3 is 15.8 Å². The van der Waals surface area contributed by atoms with Crippen molar-refractivity contribution < 1.29 is 13.5 Å². The van der Waals surface area contributed by atoms with E-state index in [1.54, 1.807) is 13.8 Å². The van der Waals surface area contributed by atoms with Crippen molar-refractivity contribution in [2.75, 3.05) is 17.7 Å². The first kappa shape index (κ1) is 13.8. The van der Waals surface area contributed by atoms with Gasteiger partial charge in [-0.25, -0.2) is 0 Å². The highest BCUT2D eigenvalue weighted by Gasteiger charge is 2.21. The minimum atomic E-state index is -2.83. The predicted molar refractivity (Wildman–Crippen MR) is 58.9 cm³/mol. The fourth-order valence-corrected chi connectivity index (χ4v) is 1.07. The maximum absolute atomic E-state index is 11.9. The molecular weight excluding hydrogens is 256 g/mol. The standard InChI is InChI=1S/C8H12ClF2N5O/c1-8(2,3-17-6(10)11)14-7-13-5(12)4(9)15-16-7/h6H,3H2,1-2H3,(H3,12,13,14,16). The van der Waals surface area contributed by atoms with Crippen LogP contribution in [0.3, 0.4) is 0 Å². The molecule has 1 heterocycles. The number of nitrogen functional groups attached to an aromatic ring is 1. The zero-order valence-corrected chi connectivity index (χ0v) is 10.0. The van der Waals surface area contributed by atoms with Crippen molar-refractivity contribution in [3.8, 4) is 0 Å². The van der Waals surface area contributed by atoms with E-state index in [1.807, 2.05) is 0 Å². The van der Waals surface area contributed by atoms with Crippen molar-refractivity contribution in [2.24, 2.45) is 0 Å². The van der Waals surface area contributed by atoms with Crippen LogP contribution in [-0.4, -0.2) is 33.9 Å². The fraction of sp³-hybridized carbons (Fsp3) is 0.625. The van der Waals surface area contributed by atoms with Gasteiger partial charge in [0.1, 0.15) is 0 Å². The molecule has 0 aliphatic heterocycles. The van der Waals surface area contributed by atoms with Gasteiger partial charge in [-0.3, -0.25) is 0 Å². The second kappa shape index (κ2) is 5.37. The highest BCUT2D eigenvalue weighted by atomic mass is 35.5. The van der Waals surface area contributed by atoms with Crippen LogP contribution in [0.5, 0.6) is 0 Å². The van der Waals surface area contributed by atoms with E-state index < -0.39 is 12.2 Å². The first-order valence-electron chi connectivity index (χ1n) is 4.64. The van der Waals surface area contributed by atoms with Crippen molar-refractivity contribution >= 4 is 23.4 Å². The van der Waals surface area contributed by atoms with Gasteiger partial charge in [-0.15, -0.1) is 10.2 Å². The van der Waals surface area contributed by atoms with Crippen LogP contribution in [0.25, 0.3) is 0 Å². The van der Waals surface area contributed by atoms with Crippen LogP contribution in [0.2, 0.25) is 5.15 Å². The molecule has 0 atom stereocenters. The van der Waals surface area contributed by atoms with Crippen LogP contribution in [0.1, 0.15) is 13.8 Å². The maximum Gasteiger partial charge on any atom is 0.345 e. The molecule has 1 aromatic heterocycles. The van der Waals surface area contributed by atoms with Gasteiger partial charge in [0.05, 0.1) is 12.1 Å². The Balaban J connectivity index is 2.65. The van der Waals surface area contributed by atoms with Gasteiger partial charge in [0.2, 0.25) is 5.95 Å². The lowest BCUT2D eigenvalue weighted by Gasteiger charge is -2.25. The Morgan fingerprint density at radius 3 is 2.65 bits per heavy atom. The number of halogens is 3. The average Bonchev–Trinajstić information content (AvgIpc) is 2.21. The monoisotopic (exact) mass is 267 g/mol. The lowest BCUT2D eigenvalue weighted by molar-refractivity contribution is -0.136. The van der Waals surface area contributed by atoms with Crippen LogP contribution in [-0.2, 0) is 4.74 Å². The molecule has 1 rings (SSSR count). The topological polar surface area (TPSA) is 86.0 Å². The molecule has 17 heavy (non-hydrogen) atoms. The van der Waals surface area contributed by atoms with E-state index in [1.165, 1.54) is 0 Å². The Morgan fingerprint density at radius 1 is 1.47 bits per heavy atom. The van der Waals surface area contributed by atoms with Gasteiger partial charge in [-0.05, 0) is 13.8 Å². The number of hydrogen-bond acceptors (Lipinski definition) is 6. The Kier molecular flexibility index (Phi) is 4.35. The molecule has 96 valence electrons. The molecule has 0 saturated heterocycles. The normalized spacial score (nSPS) is 11.9. The van der Waals surface area contributed by atoms with Gasteiger partial charge >= 0.3 is 6.61 Å². The van der Waals surface area contributed by atoms with E-state index in [-0.39, 0.29) is 23.5 Å². The molecule has 1 aromatic rings. The van der Waals surface area contributed by atoms with Crippen molar-refractivity contribution in [1.82, 2.24) is 15.2 Å². The van der Waals surface area contributed by atoms with E-state index >= 15 is 0 Å². The van der Waals surface area contributed by atoms with E-state index in [4.69, 9.17) is 17.3 Å². The summed E-state index contributed by atoms with van der Waals surface area (Å²) < 4.78 is 28.0. The number of nitrogens with zero attached hydrogens (tertiary/aromatic N) is 3. The highest BCUT2D eigenvalue weighted by Crippen LogP contribution is 2.16. The summed E-state index contributed by atoms with van der Waals surface area (Å²) in [4.78, 5) is 3.80. The summed E-state index contributed by atoms with van der Waals surface area (Å²) in [7, 11) is 0. The number of ether oxygens (including phenoxy) is 1. The first-order chi connectivity index (χ1) is 7.80. The average molecular weight is 268 g/mol. The molecule has 0 amide bonds. The van der Waals surface area contributed by atoms with Crippen LogP contribution in [0.4, 0.5) is 20.5 Å². The molecule has 0 fully saturated rings. The third-order valence-corrected chi connectivity index (χ3v) is 1.96. The number of aromatic nitrogens is 3. The molecule has 3 N–H and O–H groups in total. The Morgan fingerprint density at radius 2 is 2.12 bits per heavy atom. The van der Waals surface area contributed by atoms with Crippen LogP contribution >= 0.6 is 11.6 Å². The van der Waals surface area contributed by atoms with E-state index in [0.717, 1.165) is 0 Å². The minimum absolute atomic E-state index is 0.00902. The van der Waals surface area contributed by atoms with Crippen molar-refractivity contribution in [3.05, 3.63) is 5.15 Å². The molecular formula is C8H12ClF2N5O. The molecule has 0 saturated carbocycles. The zero-order valence-electron chi connectivity index (χ0n) is 9.25. The molecule has 0 aliphatic rings. The summed E-state index contributed by atoms with van der Waals surface area (Å²) in [5.74, 6) is 0.101. The first-order valence-corrected chi connectivity index (χ1v) is 5.01. The molecule has 0 radical (unpaired) electrons. The van der Waals surface area contributed by atoms with Crippen LogP contribution in [0, 0.1) is 0 Å². The smallest absolute Gasteiger partial charge is 0.345 e. The van der Waals surface area contributed by atoms with Crippen LogP contribution in [0.15, 0.2) is 0 Å². The Hall–Kier alpha value is -1.28. The van der Waals surface area contributed by atoms with Gasteiger partial charge in [-0.2, -0.15) is 13.8 Å². The summed E-state index contributed by atoms with van der Waals surface area (Å²) in [6.07, 6.45) is 0. The third kappa shape index (κ3) is 4.61. The lowest BCUT2D eigenvalue weighted by Crippen LogP contribution is -2.38. The summed E-state index contributed by atoms with van der Waals surface area (Å²) in [5.41, 5.74) is 4.63. The number of rotatable bonds is 5. The quantitative estimate of drug-likeness (QED) is 0.842. The largest absolute Gasteiger partial charge is 0.381 e. The minimum Gasteiger partial charge on any atom is -0.381 e. The van der Waals surface area contributed by atoms with Crippen molar-refractivity contribution in [3.63, 3.8) is 0 Å².